The third-order valence-corrected chi connectivity index (χ3v) is 6.64. The molecule has 2 heterocycles. The average Bonchev–Trinajstić information content (AvgIpc) is 2.69. The fourth-order valence-electron chi connectivity index (χ4n) is 2.39. The molecule has 1 saturated heterocycles. The Hall–Kier alpha value is -0.390. The summed E-state index contributed by atoms with van der Waals surface area (Å²) in [6.07, 6.45) is 3.06. The molecule has 2 rings (SSSR count). The molecule has 16 heavy (non-hydrogen) atoms. The zero-order valence-electron chi connectivity index (χ0n) is 9.59. The molecule has 0 spiro atoms. The van der Waals surface area contributed by atoms with Crippen molar-refractivity contribution in [1.29, 1.82) is 0 Å². The van der Waals surface area contributed by atoms with Crippen molar-refractivity contribution in [2.45, 2.75) is 49.4 Å². The van der Waals surface area contributed by atoms with Gasteiger partial charge in [0.05, 0.1) is 0 Å². The van der Waals surface area contributed by atoms with E-state index < -0.39 is 10.0 Å². The first-order valence-corrected chi connectivity index (χ1v) is 7.92. The highest BCUT2D eigenvalue weighted by Gasteiger charge is 2.35. The zero-order valence-corrected chi connectivity index (χ0v) is 11.2. The molecule has 2 atom stereocenters. The predicted molar refractivity (Wildman–Crippen MR) is 66.1 cm³/mol. The fraction of sp³-hybridized carbons (Fsp3) is 0.636. The molecule has 2 unspecified atom stereocenters. The van der Waals surface area contributed by atoms with E-state index in [0.717, 1.165) is 19.3 Å². The number of hydrogen-bond acceptors (Lipinski definition) is 3. The van der Waals surface area contributed by atoms with Crippen molar-refractivity contribution < 1.29 is 8.42 Å². The second-order valence-corrected chi connectivity index (χ2v) is 7.41. The molecule has 0 saturated carbocycles. The number of sulfonamides is 1. The van der Waals surface area contributed by atoms with Crippen LogP contribution in [0.5, 0.6) is 0 Å². The van der Waals surface area contributed by atoms with Crippen molar-refractivity contribution in [3.8, 4) is 0 Å². The Labute approximate surface area is 101 Å². The average molecular weight is 259 g/mol. The van der Waals surface area contributed by atoms with Gasteiger partial charge in [0.2, 0.25) is 0 Å². The Morgan fingerprint density at radius 3 is 2.44 bits per heavy atom. The summed E-state index contributed by atoms with van der Waals surface area (Å²) < 4.78 is 27.0. The van der Waals surface area contributed by atoms with Crippen LogP contribution < -0.4 is 0 Å². The summed E-state index contributed by atoms with van der Waals surface area (Å²) in [6.45, 7) is 4.00. The SMILES string of the molecule is CC1CCCC(C)N1S(=O)(=O)c1cccs1. The lowest BCUT2D eigenvalue weighted by Gasteiger charge is -2.37. The summed E-state index contributed by atoms with van der Waals surface area (Å²) >= 11 is 1.30. The van der Waals surface area contributed by atoms with E-state index in [9.17, 15) is 8.42 Å². The third-order valence-electron chi connectivity index (χ3n) is 3.14. The molecule has 0 N–H and O–H groups in total. The van der Waals surface area contributed by atoms with E-state index in [1.807, 2.05) is 19.2 Å². The molecule has 1 aromatic heterocycles. The van der Waals surface area contributed by atoms with Crippen LogP contribution in [-0.2, 0) is 10.0 Å². The van der Waals surface area contributed by atoms with Crippen LogP contribution in [0.15, 0.2) is 21.7 Å². The highest BCUT2D eigenvalue weighted by molar-refractivity contribution is 7.91. The van der Waals surface area contributed by atoms with Gasteiger partial charge in [0.25, 0.3) is 10.0 Å². The van der Waals surface area contributed by atoms with Crippen LogP contribution >= 0.6 is 11.3 Å². The van der Waals surface area contributed by atoms with Gasteiger partial charge in [0.1, 0.15) is 4.21 Å². The van der Waals surface area contributed by atoms with Crippen LogP contribution in [0.2, 0.25) is 0 Å². The van der Waals surface area contributed by atoms with Crippen molar-refractivity contribution in [3.63, 3.8) is 0 Å². The van der Waals surface area contributed by atoms with E-state index in [2.05, 4.69) is 0 Å². The second-order valence-electron chi connectivity index (χ2n) is 4.40. The Bertz CT molecular complexity index is 429. The molecule has 90 valence electrons. The van der Waals surface area contributed by atoms with Crippen LogP contribution in [0.3, 0.4) is 0 Å². The van der Waals surface area contributed by atoms with Gasteiger partial charge in [-0.15, -0.1) is 11.3 Å². The topological polar surface area (TPSA) is 37.4 Å². The van der Waals surface area contributed by atoms with Gasteiger partial charge in [-0.25, -0.2) is 8.42 Å². The number of thiophene rings is 1. The van der Waals surface area contributed by atoms with Crippen LogP contribution in [-0.4, -0.2) is 24.8 Å². The highest BCUT2D eigenvalue weighted by Crippen LogP contribution is 2.31. The molecule has 0 aromatic carbocycles. The van der Waals surface area contributed by atoms with E-state index in [4.69, 9.17) is 0 Å². The molecule has 0 aliphatic carbocycles. The largest absolute Gasteiger partial charge is 0.253 e. The Balaban J connectivity index is 2.36. The summed E-state index contributed by atoms with van der Waals surface area (Å²) in [4.78, 5) is 0. The van der Waals surface area contributed by atoms with Crippen LogP contribution in [0.25, 0.3) is 0 Å². The molecule has 0 radical (unpaired) electrons. The molecule has 3 nitrogen and oxygen atoms in total. The first-order valence-electron chi connectivity index (χ1n) is 5.60. The van der Waals surface area contributed by atoms with Crippen molar-refractivity contribution in [2.75, 3.05) is 0 Å². The van der Waals surface area contributed by atoms with Gasteiger partial charge in [-0.05, 0) is 38.1 Å². The zero-order chi connectivity index (χ0) is 11.8. The summed E-state index contributed by atoms with van der Waals surface area (Å²) in [5, 5.41) is 1.81. The Kier molecular flexibility index (Phi) is 3.37. The number of hydrogen-bond donors (Lipinski definition) is 0. The van der Waals surface area contributed by atoms with Crippen molar-refractivity contribution in [3.05, 3.63) is 17.5 Å². The van der Waals surface area contributed by atoms with E-state index in [0.29, 0.717) is 4.21 Å². The second kappa shape index (κ2) is 4.47. The smallest absolute Gasteiger partial charge is 0.206 e. The predicted octanol–water partition coefficient (Wildman–Crippen LogP) is 2.70. The van der Waals surface area contributed by atoms with Crippen molar-refractivity contribution in [2.24, 2.45) is 0 Å². The van der Waals surface area contributed by atoms with E-state index in [1.54, 1.807) is 16.4 Å². The summed E-state index contributed by atoms with van der Waals surface area (Å²) in [7, 11) is -3.27. The first kappa shape index (κ1) is 12.1. The Morgan fingerprint density at radius 1 is 1.31 bits per heavy atom. The van der Waals surface area contributed by atoms with Crippen molar-refractivity contribution in [1.82, 2.24) is 4.31 Å². The highest BCUT2D eigenvalue weighted by atomic mass is 32.2. The third kappa shape index (κ3) is 2.04. The molecule has 0 bridgehead atoms. The molecule has 0 amide bonds. The Morgan fingerprint density at radius 2 is 1.94 bits per heavy atom. The number of piperidine rings is 1. The molecule has 1 aromatic rings. The molecule has 5 heteroatoms. The maximum Gasteiger partial charge on any atom is 0.253 e. The van der Waals surface area contributed by atoms with Gasteiger partial charge in [-0.2, -0.15) is 4.31 Å². The van der Waals surface area contributed by atoms with E-state index in [1.165, 1.54) is 11.3 Å². The quantitative estimate of drug-likeness (QED) is 0.819. The maximum atomic E-state index is 12.4. The van der Waals surface area contributed by atoms with Crippen molar-refractivity contribution >= 4 is 21.4 Å². The molecular formula is C11H17NO2S2. The van der Waals surface area contributed by atoms with Gasteiger partial charge < -0.3 is 0 Å². The van der Waals surface area contributed by atoms with E-state index in [-0.39, 0.29) is 12.1 Å². The minimum atomic E-state index is -3.27. The minimum absolute atomic E-state index is 0.121. The van der Waals surface area contributed by atoms with Gasteiger partial charge in [-0.3, -0.25) is 0 Å². The number of nitrogens with zero attached hydrogens (tertiary/aromatic N) is 1. The van der Waals surface area contributed by atoms with Gasteiger partial charge >= 0.3 is 0 Å². The lowest BCUT2D eigenvalue weighted by atomic mass is 10.0. The summed E-state index contributed by atoms with van der Waals surface area (Å²) in [5.74, 6) is 0. The molecular weight excluding hydrogens is 242 g/mol. The van der Waals surface area contributed by atoms with Crippen LogP contribution in [0.1, 0.15) is 33.1 Å². The van der Waals surface area contributed by atoms with Gasteiger partial charge in [0, 0.05) is 12.1 Å². The first-order chi connectivity index (χ1) is 7.53. The van der Waals surface area contributed by atoms with E-state index >= 15 is 0 Å². The number of rotatable bonds is 2. The normalized spacial score (nSPS) is 28.1. The molecule has 1 fully saturated rings. The maximum absolute atomic E-state index is 12.4. The van der Waals surface area contributed by atoms with Gasteiger partial charge in [-0.1, -0.05) is 12.5 Å². The van der Waals surface area contributed by atoms with Crippen LogP contribution in [0, 0.1) is 0 Å². The fourth-order valence-corrected chi connectivity index (χ4v) is 5.36. The van der Waals surface area contributed by atoms with Crippen LogP contribution in [0.4, 0.5) is 0 Å². The lowest BCUT2D eigenvalue weighted by Crippen LogP contribution is -2.47. The minimum Gasteiger partial charge on any atom is -0.206 e. The molecule has 1 aliphatic heterocycles. The summed E-state index contributed by atoms with van der Waals surface area (Å²) in [6, 6.07) is 3.72. The standard InChI is InChI=1S/C11H17NO2S2/c1-9-5-3-6-10(2)12(9)16(13,14)11-7-4-8-15-11/h4,7-10H,3,5-6H2,1-2H3. The van der Waals surface area contributed by atoms with Gasteiger partial charge in [0.15, 0.2) is 0 Å². The lowest BCUT2D eigenvalue weighted by molar-refractivity contribution is 0.204. The molecule has 1 aliphatic rings. The summed E-state index contributed by atoms with van der Waals surface area (Å²) in [5.41, 5.74) is 0. The monoisotopic (exact) mass is 259 g/mol.